The van der Waals surface area contributed by atoms with E-state index in [1.54, 1.807) is 30.2 Å². The minimum absolute atomic E-state index is 0.0113. The third-order valence-corrected chi connectivity index (χ3v) is 4.41. The van der Waals surface area contributed by atoms with E-state index < -0.39 is 0 Å². The van der Waals surface area contributed by atoms with Gasteiger partial charge in [0.1, 0.15) is 5.75 Å². The van der Waals surface area contributed by atoms with Crippen molar-refractivity contribution in [1.82, 2.24) is 5.32 Å². The highest BCUT2D eigenvalue weighted by atomic mass is 79.9. The van der Waals surface area contributed by atoms with E-state index in [1.165, 1.54) is 0 Å². The Morgan fingerprint density at radius 2 is 2.04 bits per heavy atom. The Labute approximate surface area is 148 Å². The van der Waals surface area contributed by atoms with Crippen molar-refractivity contribution < 1.29 is 14.3 Å². The summed E-state index contributed by atoms with van der Waals surface area (Å²) >= 11 is 3.35. The minimum atomic E-state index is -0.213. The molecule has 6 heteroatoms. The van der Waals surface area contributed by atoms with Gasteiger partial charge in [0.15, 0.2) is 0 Å². The number of nitrogens with zero attached hydrogens (tertiary/aromatic N) is 1. The fourth-order valence-corrected chi connectivity index (χ4v) is 3.13. The van der Waals surface area contributed by atoms with Crippen LogP contribution in [0.25, 0.3) is 0 Å². The fraction of sp³-hybridized carbons (Fsp3) is 0.222. The molecule has 1 unspecified atom stereocenters. The maximum atomic E-state index is 12.3. The highest BCUT2D eigenvalue weighted by molar-refractivity contribution is 9.10. The predicted molar refractivity (Wildman–Crippen MR) is 95.4 cm³/mol. The monoisotopic (exact) mass is 388 g/mol. The van der Waals surface area contributed by atoms with Gasteiger partial charge in [0, 0.05) is 34.8 Å². The molecule has 2 aromatic carbocycles. The summed E-state index contributed by atoms with van der Waals surface area (Å²) in [5.74, 6) is 0.506. The zero-order valence-electron chi connectivity index (χ0n) is 13.2. The Hall–Kier alpha value is -2.34. The second kappa shape index (κ2) is 7.05. The van der Waals surface area contributed by atoms with Gasteiger partial charge in [-0.1, -0.05) is 28.1 Å². The van der Waals surface area contributed by atoms with Crippen LogP contribution in [-0.2, 0) is 4.79 Å². The zero-order valence-corrected chi connectivity index (χ0v) is 14.7. The van der Waals surface area contributed by atoms with Crippen molar-refractivity contribution in [3.05, 3.63) is 58.6 Å². The van der Waals surface area contributed by atoms with Gasteiger partial charge < -0.3 is 15.0 Å². The van der Waals surface area contributed by atoms with Gasteiger partial charge >= 0.3 is 0 Å². The lowest BCUT2D eigenvalue weighted by Crippen LogP contribution is -2.37. The van der Waals surface area contributed by atoms with Gasteiger partial charge in [-0.25, -0.2) is 0 Å². The van der Waals surface area contributed by atoms with Gasteiger partial charge in [-0.2, -0.15) is 0 Å². The van der Waals surface area contributed by atoms with Crippen molar-refractivity contribution >= 4 is 33.4 Å². The van der Waals surface area contributed by atoms with Crippen molar-refractivity contribution in [2.45, 2.75) is 12.5 Å². The molecule has 1 heterocycles. The Bertz CT molecular complexity index is 778. The topological polar surface area (TPSA) is 58.6 Å². The molecule has 0 radical (unpaired) electrons. The Balaban J connectivity index is 1.69. The molecule has 2 aromatic rings. The normalized spacial score (nSPS) is 17.0. The molecular weight excluding hydrogens is 372 g/mol. The minimum Gasteiger partial charge on any atom is -0.497 e. The number of halogens is 1. The molecule has 0 saturated carbocycles. The van der Waals surface area contributed by atoms with E-state index in [2.05, 4.69) is 21.2 Å². The second-order valence-corrected chi connectivity index (χ2v) is 6.51. The van der Waals surface area contributed by atoms with Gasteiger partial charge in [-0.15, -0.1) is 0 Å². The second-order valence-electron chi connectivity index (χ2n) is 5.59. The Morgan fingerprint density at radius 3 is 2.79 bits per heavy atom. The number of carbonyl (C=O) groups excluding carboxylic acids is 2. The molecule has 1 saturated heterocycles. The average Bonchev–Trinajstić information content (AvgIpc) is 2.95. The van der Waals surface area contributed by atoms with E-state index in [0.717, 1.165) is 10.2 Å². The number of methoxy groups -OCH3 is 1. The first-order valence-electron chi connectivity index (χ1n) is 7.57. The van der Waals surface area contributed by atoms with Crippen LogP contribution in [0.2, 0.25) is 0 Å². The van der Waals surface area contributed by atoms with Crippen molar-refractivity contribution in [2.24, 2.45) is 0 Å². The van der Waals surface area contributed by atoms with Crippen molar-refractivity contribution in [1.29, 1.82) is 0 Å². The molecule has 24 heavy (non-hydrogen) atoms. The molecule has 1 N–H and O–H groups in total. The summed E-state index contributed by atoms with van der Waals surface area (Å²) in [5.41, 5.74) is 1.34. The molecule has 0 aromatic heterocycles. The number of hydrogen-bond acceptors (Lipinski definition) is 3. The molecule has 3 rings (SSSR count). The maximum absolute atomic E-state index is 12.3. The van der Waals surface area contributed by atoms with Crippen LogP contribution in [0.15, 0.2) is 53.0 Å². The van der Waals surface area contributed by atoms with Crippen LogP contribution < -0.4 is 15.0 Å². The van der Waals surface area contributed by atoms with Crippen LogP contribution in [0.1, 0.15) is 16.8 Å². The van der Waals surface area contributed by atoms with Crippen molar-refractivity contribution in [2.75, 3.05) is 18.6 Å². The van der Waals surface area contributed by atoms with Crippen LogP contribution in [0.3, 0.4) is 0 Å². The van der Waals surface area contributed by atoms with Gasteiger partial charge in [0.05, 0.1) is 13.2 Å². The number of anilines is 1. The summed E-state index contributed by atoms with van der Waals surface area (Å²) in [7, 11) is 1.59. The molecule has 1 aliphatic rings. The van der Waals surface area contributed by atoms with Gasteiger partial charge in [-0.05, 0) is 30.3 Å². The lowest BCUT2D eigenvalue weighted by atomic mass is 10.2. The third kappa shape index (κ3) is 3.59. The summed E-state index contributed by atoms with van der Waals surface area (Å²) in [4.78, 5) is 26.3. The summed E-state index contributed by atoms with van der Waals surface area (Å²) in [5, 5.41) is 2.93. The van der Waals surface area contributed by atoms with E-state index in [-0.39, 0.29) is 24.3 Å². The quantitative estimate of drug-likeness (QED) is 0.875. The smallest absolute Gasteiger partial charge is 0.251 e. The standard InChI is InChI=1S/C18H17BrN2O3/c1-24-16-7-3-6-15(10-16)21-11-14(9-17(21)22)20-18(23)12-4-2-5-13(19)8-12/h2-8,10,14H,9,11H2,1H3,(H,20,23). The summed E-state index contributed by atoms with van der Waals surface area (Å²) < 4.78 is 6.04. The van der Waals surface area contributed by atoms with Gasteiger partial charge in [0.25, 0.3) is 5.91 Å². The first-order valence-corrected chi connectivity index (χ1v) is 8.37. The summed E-state index contributed by atoms with van der Waals surface area (Å²) in [6.45, 7) is 0.450. The first-order chi connectivity index (χ1) is 11.6. The molecule has 2 amide bonds. The van der Waals surface area contributed by atoms with E-state index in [9.17, 15) is 9.59 Å². The maximum Gasteiger partial charge on any atom is 0.251 e. The highest BCUT2D eigenvalue weighted by Gasteiger charge is 2.31. The van der Waals surface area contributed by atoms with Crippen LogP contribution in [0.5, 0.6) is 5.75 Å². The Kier molecular flexibility index (Phi) is 4.85. The number of rotatable bonds is 4. The largest absolute Gasteiger partial charge is 0.497 e. The molecular formula is C18H17BrN2O3. The molecule has 5 nitrogen and oxygen atoms in total. The van der Waals surface area contributed by atoms with E-state index in [4.69, 9.17) is 4.74 Å². The molecule has 124 valence electrons. The molecule has 1 aliphatic heterocycles. The van der Waals surface area contributed by atoms with Crippen LogP contribution in [-0.4, -0.2) is 31.5 Å². The number of amides is 2. The lowest BCUT2D eigenvalue weighted by molar-refractivity contribution is -0.117. The lowest BCUT2D eigenvalue weighted by Gasteiger charge is -2.18. The van der Waals surface area contributed by atoms with Gasteiger partial charge in [-0.3, -0.25) is 9.59 Å². The number of nitrogens with one attached hydrogen (secondary N) is 1. The molecule has 0 spiro atoms. The van der Waals surface area contributed by atoms with E-state index in [0.29, 0.717) is 17.9 Å². The predicted octanol–water partition coefficient (Wildman–Crippen LogP) is 2.99. The number of hydrogen-bond donors (Lipinski definition) is 1. The number of benzene rings is 2. The SMILES string of the molecule is COc1cccc(N2CC(NC(=O)c3cccc(Br)c3)CC2=O)c1. The number of carbonyl (C=O) groups is 2. The molecule has 1 fully saturated rings. The van der Waals surface area contributed by atoms with Crippen LogP contribution >= 0.6 is 15.9 Å². The Morgan fingerprint density at radius 1 is 1.25 bits per heavy atom. The van der Waals surface area contributed by atoms with Crippen LogP contribution in [0.4, 0.5) is 5.69 Å². The molecule has 1 atom stereocenters. The molecule has 0 bridgehead atoms. The van der Waals surface area contributed by atoms with E-state index >= 15 is 0 Å². The first kappa shape index (κ1) is 16.5. The summed E-state index contributed by atoms with van der Waals surface area (Å²) in [6, 6.07) is 14.3. The van der Waals surface area contributed by atoms with Crippen molar-refractivity contribution in [3.8, 4) is 5.75 Å². The number of ether oxygens (including phenoxy) is 1. The zero-order chi connectivity index (χ0) is 17.1. The summed E-state index contributed by atoms with van der Waals surface area (Å²) in [6.07, 6.45) is 0.289. The van der Waals surface area contributed by atoms with Crippen molar-refractivity contribution in [3.63, 3.8) is 0 Å². The molecule has 0 aliphatic carbocycles. The highest BCUT2D eigenvalue weighted by Crippen LogP contribution is 2.25. The van der Waals surface area contributed by atoms with E-state index in [1.807, 2.05) is 30.3 Å². The third-order valence-electron chi connectivity index (χ3n) is 3.91. The fourth-order valence-electron chi connectivity index (χ4n) is 2.73. The van der Waals surface area contributed by atoms with Crippen LogP contribution in [0, 0.1) is 0 Å². The van der Waals surface area contributed by atoms with Gasteiger partial charge in [0.2, 0.25) is 5.91 Å². The average molecular weight is 389 g/mol.